The van der Waals surface area contributed by atoms with Crippen LogP contribution in [0.2, 0.25) is 0 Å². The summed E-state index contributed by atoms with van der Waals surface area (Å²) >= 11 is 3.59. The largest absolute Gasteiger partial charge is 0.371 e. The average Bonchev–Trinajstić information content (AvgIpc) is 2.54. The summed E-state index contributed by atoms with van der Waals surface area (Å²) < 4.78 is 6.14. The minimum absolute atomic E-state index is 0.175. The van der Waals surface area contributed by atoms with Gasteiger partial charge in [-0.05, 0) is 26.2 Å². The lowest BCUT2D eigenvalue weighted by Gasteiger charge is -2.30. The van der Waals surface area contributed by atoms with Crippen molar-refractivity contribution >= 4 is 15.9 Å². The summed E-state index contributed by atoms with van der Waals surface area (Å²) in [6.45, 7) is 4.42. The lowest BCUT2D eigenvalue weighted by Crippen LogP contribution is -2.34. The Morgan fingerprint density at radius 2 is 2.00 bits per heavy atom. The smallest absolute Gasteiger partial charge is 0.0782 e. The predicted octanol–water partition coefficient (Wildman–Crippen LogP) is 3.90. The molecule has 78 valence electrons. The first-order valence-electron chi connectivity index (χ1n) is 5.46. The molecule has 0 aliphatic heterocycles. The molecule has 0 saturated heterocycles. The van der Waals surface area contributed by atoms with Crippen LogP contribution >= 0.6 is 15.9 Å². The molecular weight excluding hydrogens is 228 g/mol. The SMILES string of the molecule is CCCC(C)OC1(CBr)CCCC1. The zero-order valence-electron chi connectivity index (χ0n) is 8.81. The van der Waals surface area contributed by atoms with E-state index in [0.29, 0.717) is 6.10 Å². The van der Waals surface area contributed by atoms with Crippen LogP contribution in [0.1, 0.15) is 52.4 Å². The van der Waals surface area contributed by atoms with E-state index in [9.17, 15) is 0 Å². The van der Waals surface area contributed by atoms with Gasteiger partial charge in [0.05, 0.1) is 11.7 Å². The van der Waals surface area contributed by atoms with E-state index in [1.165, 1.54) is 38.5 Å². The first-order chi connectivity index (χ1) is 6.22. The minimum Gasteiger partial charge on any atom is -0.371 e. The zero-order valence-corrected chi connectivity index (χ0v) is 10.4. The second-order valence-corrected chi connectivity index (χ2v) is 4.80. The second kappa shape index (κ2) is 5.35. The molecule has 0 amide bonds. The molecule has 0 heterocycles. The van der Waals surface area contributed by atoms with Crippen LogP contribution in [0.4, 0.5) is 0 Å². The first-order valence-corrected chi connectivity index (χ1v) is 6.58. The summed E-state index contributed by atoms with van der Waals surface area (Å²) in [5, 5.41) is 1.01. The summed E-state index contributed by atoms with van der Waals surface area (Å²) in [6.07, 6.45) is 8.00. The molecule has 1 rings (SSSR count). The van der Waals surface area contributed by atoms with Gasteiger partial charge in [0.1, 0.15) is 0 Å². The number of alkyl halides is 1. The van der Waals surface area contributed by atoms with Crippen molar-refractivity contribution in [3.8, 4) is 0 Å². The van der Waals surface area contributed by atoms with Gasteiger partial charge < -0.3 is 4.74 Å². The van der Waals surface area contributed by atoms with Crippen LogP contribution in [-0.2, 0) is 4.74 Å². The fourth-order valence-electron chi connectivity index (χ4n) is 2.19. The van der Waals surface area contributed by atoms with Crippen molar-refractivity contribution < 1.29 is 4.74 Å². The van der Waals surface area contributed by atoms with Crippen molar-refractivity contribution in [2.24, 2.45) is 0 Å². The van der Waals surface area contributed by atoms with Crippen LogP contribution in [0.15, 0.2) is 0 Å². The molecule has 1 fully saturated rings. The van der Waals surface area contributed by atoms with E-state index in [1.54, 1.807) is 0 Å². The highest BCUT2D eigenvalue weighted by molar-refractivity contribution is 9.09. The Hall–Kier alpha value is 0.440. The topological polar surface area (TPSA) is 9.23 Å². The highest BCUT2D eigenvalue weighted by Crippen LogP contribution is 2.36. The molecule has 0 radical (unpaired) electrons. The molecule has 1 saturated carbocycles. The van der Waals surface area contributed by atoms with Gasteiger partial charge >= 0.3 is 0 Å². The number of hydrogen-bond acceptors (Lipinski definition) is 1. The van der Waals surface area contributed by atoms with Crippen LogP contribution in [-0.4, -0.2) is 17.0 Å². The van der Waals surface area contributed by atoms with Crippen LogP contribution in [0.25, 0.3) is 0 Å². The minimum atomic E-state index is 0.175. The third kappa shape index (κ3) is 3.25. The fourth-order valence-corrected chi connectivity index (χ4v) is 2.89. The Labute approximate surface area is 90.4 Å². The molecular formula is C11H21BrO. The van der Waals surface area contributed by atoms with Crippen molar-refractivity contribution in [1.82, 2.24) is 0 Å². The average molecular weight is 249 g/mol. The van der Waals surface area contributed by atoms with Gasteiger partial charge in [-0.2, -0.15) is 0 Å². The van der Waals surface area contributed by atoms with Gasteiger partial charge in [0.25, 0.3) is 0 Å². The summed E-state index contributed by atoms with van der Waals surface area (Å²) in [6, 6.07) is 0. The van der Waals surface area contributed by atoms with E-state index in [-0.39, 0.29) is 5.60 Å². The number of rotatable bonds is 5. The third-order valence-electron chi connectivity index (χ3n) is 2.90. The normalized spacial score (nSPS) is 23.3. The Kier molecular flexibility index (Phi) is 4.74. The fraction of sp³-hybridized carbons (Fsp3) is 1.00. The molecule has 0 spiro atoms. The maximum atomic E-state index is 6.14. The maximum Gasteiger partial charge on any atom is 0.0782 e. The Morgan fingerprint density at radius 1 is 1.38 bits per heavy atom. The van der Waals surface area contributed by atoms with Gasteiger partial charge in [0.2, 0.25) is 0 Å². The van der Waals surface area contributed by atoms with Gasteiger partial charge in [-0.1, -0.05) is 42.1 Å². The molecule has 2 heteroatoms. The van der Waals surface area contributed by atoms with E-state index in [2.05, 4.69) is 29.8 Å². The standard InChI is InChI=1S/C11H21BrO/c1-3-6-10(2)13-11(9-12)7-4-5-8-11/h10H,3-9H2,1-2H3. The first kappa shape index (κ1) is 11.5. The van der Waals surface area contributed by atoms with E-state index in [0.717, 1.165) is 5.33 Å². The van der Waals surface area contributed by atoms with E-state index < -0.39 is 0 Å². The van der Waals surface area contributed by atoms with Crippen molar-refractivity contribution in [2.75, 3.05) is 5.33 Å². The molecule has 1 aliphatic carbocycles. The molecule has 0 aromatic carbocycles. The van der Waals surface area contributed by atoms with Gasteiger partial charge in [0, 0.05) is 5.33 Å². The number of hydrogen-bond donors (Lipinski definition) is 0. The highest BCUT2D eigenvalue weighted by Gasteiger charge is 2.34. The molecule has 1 unspecified atom stereocenters. The monoisotopic (exact) mass is 248 g/mol. The molecule has 0 aromatic rings. The second-order valence-electron chi connectivity index (χ2n) is 4.24. The summed E-state index contributed by atoms with van der Waals surface area (Å²) in [7, 11) is 0. The van der Waals surface area contributed by atoms with Gasteiger partial charge in [-0.3, -0.25) is 0 Å². The molecule has 0 bridgehead atoms. The lowest BCUT2D eigenvalue weighted by atomic mass is 10.0. The van der Waals surface area contributed by atoms with Crippen LogP contribution in [0.5, 0.6) is 0 Å². The molecule has 1 atom stereocenters. The Balaban J connectivity index is 2.38. The van der Waals surface area contributed by atoms with Crippen LogP contribution < -0.4 is 0 Å². The zero-order chi connectivity index (χ0) is 9.73. The summed E-state index contributed by atoms with van der Waals surface area (Å²) in [5.41, 5.74) is 0.175. The third-order valence-corrected chi connectivity index (χ3v) is 3.93. The van der Waals surface area contributed by atoms with E-state index in [4.69, 9.17) is 4.74 Å². The molecule has 0 N–H and O–H groups in total. The van der Waals surface area contributed by atoms with E-state index in [1.807, 2.05) is 0 Å². The van der Waals surface area contributed by atoms with Gasteiger partial charge in [-0.15, -0.1) is 0 Å². The van der Waals surface area contributed by atoms with Crippen LogP contribution in [0, 0.1) is 0 Å². The predicted molar refractivity (Wildman–Crippen MR) is 60.4 cm³/mol. The number of halogens is 1. The van der Waals surface area contributed by atoms with Gasteiger partial charge in [0.15, 0.2) is 0 Å². The molecule has 13 heavy (non-hydrogen) atoms. The molecule has 0 aromatic heterocycles. The summed E-state index contributed by atoms with van der Waals surface area (Å²) in [5.74, 6) is 0. The van der Waals surface area contributed by atoms with Crippen molar-refractivity contribution in [3.63, 3.8) is 0 Å². The van der Waals surface area contributed by atoms with Crippen molar-refractivity contribution in [1.29, 1.82) is 0 Å². The Bertz CT molecular complexity index is 141. The highest BCUT2D eigenvalue weighted by atomic mass is 79.9. The van der Waals surface area contributed by atoms with Crippen molar-refractivity contribution in [2.45, 2.75) is 64.1 Å². The van der Waals surface area contributed by atoms with E-state index >= 15 is 0 Å². The Morgan fingerprint density at radius 3 is 2.46 bits per heavy atom. The molecule has 1 nitrogen and oxygen atoms in total. The summed E-state index contributed by atoms with van der Waals surface area (Å²) in [4.78, 5) is 0. The van der Waals surface area contributed by atoms with Gasteiger partial charge in [-0.25, -0.2) is 0 Å². The quantitative estimate of drug-likeness (QED) is 0.671. The number of ether oxygens (including phenoxy) is 1. The maximum absolute atomic E-state index is 6.14. The van der Waals surface area contributed by atoms with Crippen LogP contribution in [0.3, 0.4) is 0 Å². The lowest BCUT2D eigenvalue weighted by molar-refractivity contribution is -0.0695. The van der Waals surface area contributed by atoms with Crippen molar-refractivity contribution in [3.05, 3.63) is 0 Å². The molecule has 1 aliphatic rings.